The second kappa shape index (κ2) is 8.28. The Labute approximate surface area is 148 Å². The highest BCUT2D eigenvalue weighted by atomic mass is 16.6. The molecule has 5 nitrogen and oxygen atoms in total. The van der Waals surface area contributed by atoms with Crippen LogP contribution in [0.4, 0.5) is 0 Å². The molecule has 1 atom stereocenters. The predicted octanol–water partition coefficient (Wildman–Crippen LogP) is 3.45. The number of carbonyl (C=O) groups excluding carboxylic acids is 3. The summed E-state index contributed by atoms with van der Waals surface area (Å²) < 4.78 is 10.4. The minimum absolute atomic E-state index is 0.154. The molecule has 2 rings (SSSR count). The summed E-state index contributed by atoms with van der Waals surface area (Å²) in [5.74, 6) is -2.12. The van der Waals surface area contributed by atoms with Crippen LogP contribution < -0.4 is 0 Å². The highest BCUT2D eigenvalue weighted by Crippen LogP contribution is 2.36. The molecule has 0 bridgehead atoms. The molecule has 0 spiro atoms. The molecule has 1 saturated carbocycles. The van der Waals surface area contributed by atoms with E-state index in [0.717, 1.165) is 18.4 Å². The molecule has 1 aliphatic carbocycles. The number of esters is 2. The topological polar surface area (TPSA) is 69.7 Å². The highest BCUT2D eigenvalue weighted by Gasteiger charge is 2.34. The number of ketones is 1. The number of ether oxygens (including phenoxy) is 2. The van der Waals surface area contributed by atoms with Crippen molar-refractivity contribution in [2.24, 2.45) is 11.8 Å². The fourth-order valence-electron chi connectivity index (χ4n) is 2.51. The van der Waals surface area contributed by atoms with Crippen LogP contribution in [-0.2, 0) is 30.5 Å². The SMILES string of the molecule is CC(C)(C)OC(=O)C(=O)C[C@@H](CC1CC1)C(=O)OCc1ccccc1. The van der Waals surface area contributed by atoms with Gasteiger partial charge in [0.2, 0.25) is 5.78 Å². The Hall–Kier alpha value is -2.17. The molecule has 0 heterocycles. The minimum atomic E-state index is -0.885. The van der Waals surface area contributed by atoms with Gasteiger partial charge in [0.05, 0.1) is 5.92 Å². The van der Waals surface area contributed by atoms with Crippen molar-refractivity contribution >= 4 is 17.7 Å². The molecular weight excluding hydrogens is 320 g/mol. The lowest BCUT2D eigenvalue weighted by Gasteiger charge is -2.20. The van der Waals surface area contributed by atoms with Gasteiger partial charge < -0.3 is 9.47 Å². The van der Waals surface area contributed by atoms with Crippen LogP contribution in [0.15, 0.2) is 30.3 Å². The van der Waals surface area contributed by atoms with Crippen LogP contribution in [0.1, 0.15) is 52.0 Å². The summed E-state index contributed by atoms with van der Waals surface area (Å²) in [5, 5.41) is 0. The third-order valence-corrected chi connectivity index (χ3v) is 3.93. The maximum atomic E-state index is 12.4. The fourth-order valence-corrected chi connectivity index (χ4v) is 2.51. The summed E-state index contributed by atoms with van der Waals surface area (Å²) in [4.78, 5) is 36.4. The number of carbonyl (C=O) groups is 3. The van der Waals surface area contributed by atoms with E-state index in [2.05, 4.69) is 0 Å². The molecule has 0 unspecified atom stereocenters. The van der Waals surface area contributed by atoms with E-state index in [1.54, 1.807) is 20.8 Å². The molecule has 1 aromatic carbocycles. The molecule has 25 heavy (non-hydrogen) atoms. The molecule has 0 N–H and O–H groups in total. The summed E-state index contributed by atoms with van der Waals surface area (Å²) in [6.45, 7) is 5.28. The quantitative estimate of drug-likeness (QED) is 0.533. The summed E-state index contributed by atoms with van der Waals surface area (Å²) in [6.07, 6.45) is 2.55. The summed E-state index contributed by atoms with van der Waals surface area (Å²) >= 11 is 0. The molecule has 0 aliphatic heterocycles. The number of Topliss-reactive ketones (excluding diaryl/α,β-unsaturated/α-hetero) is 1. The number of hydrogen-bond donors (Lipinski definition) is 0. The molecule has 0 radical (unpaired) electrons. The standard InChI is InChI=1S/C20H26O5/c1-20(2,3)25-19(23)17(21)12-16(11-14-9-10-14)18(22)24-13-15-7-5-4-6-8-15/h4-8,14,16H,9-13H2,1-3H3/t16-/m1/s1. The van der Waals surface area contributed by atoms with Gasteiger partial charge in [-0.3, -0.25) is 9.59 Å². The van der Waals surface area contributed by atoms with Gasteiger partial charge in [0, 0.05) is 6.42 Å². The zero-order chi connectivity index (χ0) is 18.4. The van der Waals surface area contributed by atoms with Crippen LogP contribution in [0.25, 0.3) is 0 Å². The normalized spacial score (nSPS) is 15.3. The number of benzene rings is 1. The third-order valence-electron chi connectivity index (χ3n) is 3.93. The number of rotatable bonds is 8. The first-order valence-corrected chi connectivity index (χ1v) is 8.71. The first kappa shape index (κ1) is 19.2. The van der Waals surface area contributed by atoms with Gasteiger partial charge in [0.1, 0.15) is 12.2 Å². The Morgan fingerprint density at radius 1 is 1.12 bits per heavy atom. The first-order valence-electron chi connectivity index (χ1n) is 8.71. The molecule has 1 fully saturated rings. The molecule has 0 amide bonds. The Morgan fingerprint density at radius 3 is 2.32 bits per heavy atom. The van der Waals surface area contributed by atoms with Crippen LogP contribution in [0.5, 0.6) is 0 Å². The van der Waals surface area contributed by atoms with Gasteiger partial charge in [0.25, 0.3) is 0 Å². The van der Waals surface area contributed by atoms with E-state index in [4.69, 9.17) is 9.47 Å². The van der Waals surface area contributed by atoms with Crippen molar-refractivity contribution in [2.45, 2.75) is 58.7 Å². The average Bonchev–Trinajstić information content (AvgIpc) is 3.35. The van der Waals surface area contributed by atoms with Crippen LogP contribution in [0.2, 0.25) is 0 Å². The highest BCUT2D eigenvalue weighted by molar-refractivity contribution is 6.34. The van der Waals surface area contributed by atoms with Crippen LogP contribution in [0.3, 0.4) is 0 Å². The fraction of sp³-hybridized carbons (Fsp3) is 0.550. The van der Waals surface area contributed by atoms with Gasteiger partial charge in [-0.2, -0.15) is 0 Å². The molecule has 136 valence electrons. The van der Waals surface area contributed by atoms with Crippen LogP contribution in [-0.4, -0.2) is 23.3 Å². The van der Waals surface area contributed by atoms with E-state index in [1.807, 2.05) is 30.3 Å². The van der Waals surface area contributed by atoms with E-state index in [1.165, 1.54) is 0 Å². The van der Waals surface area contributed by atoms with Gasteiger partial charge >= 0.3 is 11.9 Å². The van der Waals surface area contributed by atoms with Crippen molar-refractivity contribution in [1.29, 1.82) is 0 Å². The zero-order valence-electron chi connectivity index (χ0n) is 15.1. The molecule has 1 aliphatic rings. The largest absolute Gasteiger partial charge is 0.461 e. The second-order valence-corrected chi connectivity index (χ2v) is 7.60. The molecule has 5 heteroatoms. The number of hydrogen-bond acceptors (Lipinski definition) is 5. The van der Waals surface area contributed by atoms with Crippen LogP contribution in [0, 0.1) is 11.8 Å². The lowest BCUT2D eigenvalue weighted by atomic mass is 9.96. The zero-order valence-corrected chi connectivity index (χ0v) is 15.1. The van der Waals surface area contributed by atoms with Gasteiger partial charge in [0.15, 0.2) is 0 Å². The lowest BCUT2D eigenvalue weighted by Crippen LogP contribution is -2.31. The third kappa shape index (κ3) is 7.08. The molecular formula is C20H26O5. The van der Waals surface area contributed by atoms with Crippen molar-refractivity contribution < 1.29 is 23.9 Å². The molecule has 0 saturated heterocycles. The van der Waals surface area contributed by atoms with E-state index in [-0.39, 0.29) is 13.0 Å². The van der Waals surface area contributed by atoms with E-state index >= 15 is 0 Å². The van der Waals surface area contributed by atoms with Crippen molar-refractivity contribution in [3.05, 3.63) is 35.9 Å². The minimum Gasteiger partial charge on any atom is -0.461 e. The van der Waals surface area contributed by atoms with Gasteiger partial charge in [-0.1, -0.05) is 43.2 Å². The average molecular weight is 346 g/mol. The Kier molecular flexibility index (Phi) is 6.34. The smallest absolute Gasteiger partial charge is 0.375 e. The summed E-state index contributed by atoms with van der Waals surface area (Å²) in [5.41, 5.74) is 0.159. The van der Waals surface area contributed by atoms with E-state index in [9.17, 15) is 14.4 Å². The summed E-state index contributed by atoms with van der Waals surface area (Å²) in [6, 6.07) is 9.37. The van der Waals surface area contributed by atoms with Gasteiger partial charge in [-0.15, -0.1) is 0 Å². The monoisotopic (exact) mass is 346 g/mol. The summed E-state index contributed by atoms with van der Waals surface area (Å²) in [7, 11) is 0. The molecule has 0 aromatic heterocycles. The Bertz CT molecular complexity index is 611. The van der Waals surface area contributed by atoms with Crippen molar-refractivity contribution in [3.8, 4) is 0 Å². The van der Waals surface area contributed by atoms with Crippen LogP contribution >= 0.6 is 0 Å². The Morgan fingerprint density at radius 2 is 1.76 bits per heavy atom. The van der Waals surface area contributed by atoms with E-state index < -0.39 is 29.2 Å². The van der Waals surface area contributed by atoms with Gasteiger partial charge in [-0.05, 0) is 38.7 Å². The Balaban J connectivity index is 1.91. The van der Waals surface area contributed by atoms with Crippen molar-refractivity contribution in [1.82, 2.24) is 0 Å². The van der Waals surface area contributed by atoms with Crippen molar-refractivity contribution in [2.75, 3.05) is 0 Å². The second-order valence-electron chi connectivity index (χ2n) is 7.60. The lowest BCUT2D eigenvalue weighted by molar-refractivity contribution is -0.164. The maximum Gasteiger partial charge on any atom is 0.375 e. The maximum absolute atomic E-state index is 12.4. The van der Waals surface area contributed by atoms with Crippen molar-refractivity contribution in [3.63, 3.8) is 0 Å². The van der Waals surface area contributed by atoms with Gasteiger partial charge in [-0.25, -0.2) is 4.79 Å². The predicted molar refractivity (Wildman–Crippen MR) is 92.5 cm³/mol. The van der Waals surface area contributed by atoms with E-state index in [0.29, 0.717) is 12.3 Å². The molecule has 1 aromatic rings. The first-order chi connectivity index (χ1) is 11.7.